The van der Waals surface area contributed by atoms with Gasteiger partial charge < -0.3 is 39.9 Å². The van der Waals surface area contributed by atoms with E-state index < -0.39 is 75.7 Å². The molecule has 1 aliphatic rings. The number of carbonyl (C=O) groups excluding carboxylic acids is 2. The van der Waals surface area contributed by atoms with E-state index in [1.165, 1.54) is 57.8 Å². The predicted molar refractivity (Wildman–Crippen MR) is 239 cm³/mol. The molecule has 0 radical (unpaired) electrons. The molecule has 1 fully saturated rings. The van der Waals surface area contributed by atoms with Crippen molar-refractivity contribution in [3.63, 3.8) is 0 Å². The van der Waals surface area contributed by atoms with E-state index in [9.17, 15) is 44.6 Å². The van der Waals surface area contributed by atoms with Gasteiger partial charge in [0.2, 0.25) is 0 Å². The maximum Gasteiger partial charge on any atom is 0.472 e. The molecule has 6 N–H and O–H groups in total. The highest BCUT2D eigenvalue weighted by Crippen LogP contribution is 2.47. The van der Waals surface area contributed by atoms with Gasteiger partial charge in [0.15, 0.2) is 6.10 Å². The Labute approximate surface area is 366 Å². The zero-order valence-corrected chi connectivity index (χ0v) is 38.1. The summed E-state index contributed by atoms with van der Waals surface area (Å²) >= 11 is 0. The zero-order chi connectivity index (χ0) is 45.0. The van der Waals surface area contributed by atoms with Crippen molar-refractivity contribution in [2.45, 2.75) is 211 Å². The van der Waals surface area contributed by atoms with E-state index in [4.69, 9.17) is 18.5 Å². The molecule has 0 spiro atoms. The normalized spacial score (nSPS) is 22.6. The van der Waals surface area contributed by atoms with Crippen molar-refractivity contribution in [1.29, 1.82) is 0 Å². The lowest BCUT2D eigenvalue weighted by Crippen LogP contribution is -2.64. The Morgan fingerprint density at radius 3 is 1.44 bits per heavy atom. The highest BCUT2D eigenvalue weighted by molar-refractivity contribution is 7.47. The summed E-state index contributed by atoms with van der Waals surface area (Å²) < 4.78 is 33.4. The third-order valence-electron chi connectivity index (χ3n) is 10.3. The summed E-state index contributed by atoms with van der Waals surface area (Å²) in [5, 5.41) is 50.1. The summed E-state index contributed by atoms with van der Waals surface area (Å²) in [6.45, 7) is 3.20. The summed E-state index contributed by atoms with van der Waals surface area (Å²) in [6.07, 6.45) is 31.4. The number of aliphatic hydroxyl groups is 5. The third kappa shape index (κ3) is 29.5. The molecule has 0 aromatic rings. The number of allylic oxidation sites excluding steroid dienone is 10. The van der Waals surface area contributed by atoms with Gasteiger partial charge in [0.1, 0.15) is 43.2 Å². The van der Waals surface area contributed by atoms with Crippen LogP contribution in [0.4, 0.5) is 0 Å². The fourth-order valence-electron chi connectivity index (χ4n) is 6.57. The lowest BCUT2D eigenvalue weighted by Gasteiger charge is -2.41. The summed E-state index contributed by atoms with van der Waals surface area (Å²) in [7, 11) is -5.14. The molecule has 0 aliphatic heterocycles. The summed E-state index contributed by atoms with van der Waals surface area (Å²) in [6, 6.07) is 0. The first kappa shape index (κ1) is 56.6. The molecule has 0 amide bonds. The standard InChI is InChI=1S/C47H81O13P/c1-3-5-7-9-11-13-15-17-19-20-22-24-26-28-30-32-34-36-41(49)59-39(38-58-61(55,56)60-47-45(53)43(51)42(50)44(52)46(47)54)37-57-40(48)35-33-31-29-27-25-23-21-18-16-14-12-10-8-6-4-2/h11,13,17-19,21-22,24,28,30,39,42-47,50-54H,3-10,12,14-16,20,23,25-27,29,31-38H2,1-2H3,(H,55,56)/b13-11-,19-17-,21-18-,24-22-,30-28-/t39-,42?,43-,44?,45?,46?,47?/m1/s1. The minimum Gasteiger partial charge on any atom is -0.462 e. The van der Waals surface area contributed by atoms with E-state index in [1.54, 1.807) is 0 Å². The Kier molecular flexibility index (Phi) is 34.3. The number of rotatable bonds is 37. The van der Waals surface area contributed by atoms with Crippen molar-refractivity contribution >= 4 is 19.8 Å². The van der Waals surface area contributed by atoms with Crippen LogP contribution in [0.2, 0.25) is 0 Å². The molecule has 1 rings (SSSR count). The van der Waals surface area contributed by atoms with Crippen molar-refractivity contribution in [2.75, 3.05) is 13.2 Å². The van der Waals surface area contributed by atoms with Gasteiger partial charge in [-0.25, -0.2) is 4.57 Å². The van der Waals surface area contributed by atoms with Crippen molar-refractivity contribution in [1.82, 2.24) is 0 Å². The second kappa shape index (κ2) is 37.0. The van der Waals surface area contributed by atoms with E-state index in [1.807, 2.05) is 12.2 Å². The predicted octanol–water partition coefficient (Wildman–Crippen LogP) is 8.94. The van der Waals surface area contributed by atoms with Crippen molar-refractivity contribution < 1.29 is 63.1 Å². The lowest BCUT2D eigenvalue weighted by molar-refractivity contribution is -0.220. The van der Waals surface area contributed by atoms with Crippen molar-refractivity contribution in [3.05, 3.63) is 60.8 Å². The quantitative estimate of drug-likeness (QED) is 0.0149. The molecular formula is C47H81O13P. The van der Waals surface area contributed by atoms with Crippen molar-refractivity contribution in [3.8, 4) is 0 Å². The minimum atomic E-state index is -5.14. The lowest BCUT2D eigenvalue weighted by atomic mass is 9.85. The third-order valence-corrected chi connectivity index (χ3v) is 11.3. The molecule has 0 saturated heterocycles. The number of phosphoric ester groups is 1. The minimum absolute atomic E-state index is 0.0171. The molecule has 8 atom stereocenters. The van der Waals surface area contributed by atoms with Gasteiger partial charge in [0.25, 0.3) is 0 Å². The molecule has 61 heavy (non-hydrogen) atoms. The van der Waals surface area contributed by atoms with Gasteiger partial charge >= 0.3 is 19.8 Å². The number of aliphatic hydroxyl groups excluding tert-OH is 5. The number of carbonyl (C=O) groups is 2. The highest BCUT2D eigenvalue weighted by Gasteiger charge is 2.51. The Hall–Kier alpha value is -2.45. The number of esters is 2. The number of ether oxygens (including phenoxy) is 2. The smallest absolute Gasteiger partial charge is 0.462 e. The summed E-state index contributed by atoms with van der Waals surface area (Å²) in [4.78, 5) is 35.7. The van der Waals surface area contributed by atoms with E-state index in [-0.39, 0.29) is 12.8 Å². The molecule has 352 valence electrons. The van der Waals surface area contributed by atoms with E-state index >= 15 is 0 Å². The maximum atomic E-state index is 12.8. The molecule has 1 aliphatic carbocycles. The van der Waals surface area contributed by atoms with E-state index in [0.29, 0.717) is 19.3 Å². The fraction of sp³-hybridized carbons (Fsp3) is 0.745. The molecule has 13 nitrogen and oxygen atoms in total. The zero-order valence-electron chi connectivity index (χ0n) is 37.2. The molecule has 1 saturated carbocycles. The van der Waals surface area contributed by atoms with Gasteiger partial charge in [-0.1, -0.05) is 139 Å². The first-order valence-electron chi connectivity index (χ1n) is 23.1. The highest BCUT2D eigenvalue weighted by atomic mass is 31.2. The first-order chi connectivity index (χ1) is 29.4. The maximum absolute atomic E-state index is 12.8. The second-order valence-electron chi connectivity index (χ2n) is 15.9. The van der Waals surface area contributed by atoms with Crippen LogP contribution < -0.4 is 0 Å². The molecular weight excluding hydrogens is 803 g/mol. The van der Waals surface area contributed by atoms with Crippen molar-refractivity contribution in [2.24, 2.45) is 0 Å². The van der Waals surface area contributed by atoms with Crippen LogP contribution in [0, 0.1) is 0 Å². The SMILES string of the molecule is CCCCC/C=C\C/C=C\C/C=C\C/C=C\CCCC(=O)O[C@H](COC(=O)CCCCCCC/C=C\CCCCCCCC)COP(=O)(O)OC1C(O)C(O)C(O)[C@@H](O)C1O. The van der Waals surface area contributed by atoms with Crippen LogP contribution >= 0.6 is 7.82 Å². The Morgan fingerprint density at radius 2 is 0.902 bits per heavy atom. The van der Waals surface area contributed by atoms with Gasteiger partial charge in [-0.05, 0) is 77.0 Å². The Morgan fingerprint density at radius 1 is 0.508 bits per heavy atom. The van der Waals surface area contributed by atoms with Gasteiger partial charge in [0.05, 0.1) is 6.61 Å². The largest absolute Gasteiger partial charge is 0.472 e. The number of phosphoric acid groups is 1. The molecule has 0 aromatic heterocycles. The summed E-state index contributed by atoms with van der Waals surface area (Å²) in [5.41, 5.74) is 0. The molecule has 14 heteroatoms. The van der Waals surface area contributed by atoms with E-state index in [2.05, 4.69) is 62.5 Å². The van der Waals surface area contributed by atoms with Crippen LogP contribution in [0.1, 0.15) is 168 Å². The fourth-order valence-corrected chi connectivity index (χ4v) is 7.54. The molecule has 0 aromatic carbocycles. The first-order valence-corrected chi connectivity index (χ1v) is 24.6. The number of hydrogen-bond acceptors (Lipinski definition) is 12. The van der Waals surface area contributed by atoms with Gasteiger partial charge in [0, 0.05) is 12.8 Å². The van der Waals surface area contributed by atoms with E-state index in [0.717, 1.165) is 64.2 Å². The Balaban J connectivity index is 2.52. The van der Waals surface area contributed by atoms with Crippen LogP contribution in [0.3, 0.4) is 0 Å². The van der Waals surface area contributed by atoms with Gasteiger partial charge in [-0.15, -0.1) is 0 Å². The Bertz CT molecular complexity index is 1300. The average molecular weight is 885 g/mol. The molecule has 6 unspecified atom stereocenters. The van der Waals surface area contributed by atoms with Crippen LogP contribution in [-0.2, 0) is 32.7 Å². The topological polar surface area (TPSA) is 210 Å². The second-order valence-corrected chi connectivity index (χ2v) is 17.3. The monoisotopic (exact) mass is 885 g/mol. The van der Waals surface area contributed by atoms with Crippen LogP contribution in [-0.4, -0.2) is 98.3 Å². The van der Waals surface area contributed by atoms with Gasteiger partial charge in [-0.3, -0.25) is 18.6 Å². The molecule has 0 heterocycles. The van der Waals surface area contributed by atoms with Crippen LogP contribution in [0.25, 0.3) is 0 Å². The average Bonchev–Trinajstić information content (AvgIpc) is 3.24. The number of unbranched alkanes of at least 4 members (excludes halogenated alkanes) is 15. The van der Waals surface area contributed by atoms with Crippen LogP contribution in [0.5, 0.6) is 0 Å². The van der Waals surface area contributed by atoms with Gasteiger partial charge in [-0.2, -0.15) is 0 Å². The van der Waals surface area contributed by atoms with Crippen LogP contribution in [0.15, 0.2) is 60.8 Å². The summed E-state index contributed by atoms with van der Waals surface area (Å²) in [5.74, 6) is -1.18. The number of hydrogen-bond donors (Lipinski definition) is 6. The molecule has 0 bridgehead atoms.